The number of halogens is 1. The van der Waals surface area contributed by atoms with Gasteiger partial charge in [-0.15, -0.1) is 12.4 Å². The van der Waals surface area contributed by atoms with E-state index in [0.29, 0.717) is 11.6 Å². The van der Waals surface area contributed by atoms with E-state index in [0.717, 1.165) is 43.6 Å². The number of benzene rings is 1. The third-order valence-corrected chi connectivity index (χ3v) is 5.97. The van der Waals surface area contributed by atoms with Crippen molar-refractivity contribution in [2.45, 2.75) is 32.6 Å². The Morgan fingerprint density at radius 1 is 1.21 bits per heavy atom. The number of aryl methyl sites for hydroxylation is 1. The number of hydrogen-bond donors (Lipinski definition) is 3. The molecule has 3 N–H and O–H groups in total. The number of carbonyl (C=O) groups is 2. The van der Waals surface area contributed by atoms with E-state index in [1.165, 1.54) is 12.7 Å². The maximum absolute atomic E-state index is 13.1. The van der Waals surface area contributed by atoms with Crippen molar-refractivity contribution < 1.29 is 14.0 Å². The molecule has 0 spiro atoms. The lowest BCUT2D eigenvalue weighted by molar-refractivity contribution is -0.128. The summed E-state index contributed by atoms with van der Waals surface area (Å²) in [6.45, 7) is 3.61. The van der Waals surface area contributed by atoms with Crippen molar-refractivity contribution in [3.63, 3.8) is 0 Å². The molecule has 7 heteroatoms. The van der Waals surface area contributed by atoms with E-state index < -0.39 is 0 Å². The molecule has 4 rings (SSSR count). The van der Waals surface area contributed by atoms with Crippen LogP contribution >= 0.6 is 12.4 Å². The SMILES string of the molecule is Cc1cc(NC(=O)[C@@]23CCCC[C@H]2CNC3)ccc1NC(=O)c1ccco1.Cl. The molecule has 1 saturated heterocycles. The van der Waals surface area contributed by atoms with Crippen molar-refractivity contribution in [3.05, 3.63) is 47.9 Å². The zero-order chi connectivity index (χ0) is 18.9. The van der Waals surface area contributed by atoms with Crippen LogP contribution in [0.25, 0.3) is 0 Å². The highest BCUT2D eigenvalue weighted by Gasteiger charge is 2.49. The van der Waals surface area contributed by atoms with E-state index in [4.69, 9.17) is 4.42 Å². The Kier molecular flexibility index (Phi) is 6.10. The van der Waals surface area contributed by atoms with E-state index in [1.807, 2.05) is 25.1 Å². The molecular weight excluding hydrogens is 378 g/mol. The molecule has 1 aliphatic carbocycles. The minimum atomic E-state index is -0.291. The van der Waals surface area contributed by atoms with Crippen LogP contribution < -0.4 is 16.0 Å². The quantitative estimate of drug-likeness (QED) is 0.721. The molecule has 28 heavy (non-hydrogen) atoms. The highest BCUT2D eigenvalue weighted by atomic mass is 35.5. The molecule has 2 amide bonds. The predicted molar refractivity (Wildman–Crippen MR) is 111 cm³/mol. The van der Waals surface area contributed by atoms with Gasteiger partial charge < -0.3 is 20.4 Å². The average molecular weight is 404 g/mol. The van der Waals surface area contributed by atoms with Gasteiger partial charge >= 0.3 is 0 Å². The van der Waals surface area contributed by atoms with Crippen LogP contribution in [-0.4, -0.2) is 24.9 Å². The van der Waals surface area contributed by atoms with Gasteiger partial charge in [-0.3, -0.25) is 9.59 Å². The van der Waals surface area contributed by atoms with E-state index >= 15 is 0 Å². The smallest absolute Gasteiger partial charge is 0.291 e. The Balaban J connectivity index is 0.00000225. The fourth-order valence-corrected chi connectivity index (χ4v) is 4.42. The number of furan rings is 1. The first-order valence-electron chi connectivity index (χ1n) is 9.56. The third-order valence-electron chi connectivity index (χ3n) is 5.97. The van der Waals surface area contributed by atoms with Crippen LogP contribution in [0.1, 0.15) is 41.8 Å². The van der Waals surface area contributed by atoms with Crippen LogP contribution in [0.3, 0.4) is 0 Å². The lowest BCUT2D eigenvalue weighted by Crippen LogP contribution is -2.44. The number of amides is 2. The van der Waals surface area contributed by atoms with Gasteiger partial charge in [0.1, 0.15) is 0 Å². The van der Waals surface area contributed by atoms with Crippen molar-refractivity contribution >= 4 is 35.6 Å². The van der Waals surface area contributed by atoms with Crippen molar-refractivity contribution in [1.82, 2.24) is 5.32 Å². The summed E-state index contributed by atoms with van der Waals surface area (Å²) in [6.07, 6.45) is 5.87. The fraction of sp³-hybridized carbons (Fsp3) is 0.429. The summed E-state index contributed by atoms with van der Waals surface area (Å²) in [4.78, 5) is 25.2. The summed E-state index contributed by atoms with van der Waals surface area (Å²) in [6, 6.07) is 8.84. The predicted octanol–water partition coefficient (Wildman–Crippen LogP) is 3.98. The van der Waals surface area contributed by atoms with Crippen LogP contribution in [0.4, 0.5) is 11.4 Å². The Morgan fingerprint density at radius 3 is 2.82 bits per heavy atom. The van der Waals surface area contributed by atoms with Crippen molar-refractivity contribution in [2.75, 3.05) is 23.7 Å². The van der Waals surface area contributed by atoms with Crippen molar-refractivity contribution in [3.8, 4) is 0 Å². The number of fused-ring (bicyclic) bond motifs is 1. The van der Waals surface area contributed by atoms with E-state index in [-0.39, 0.29) is 35.4 Å². The Hall–Kier alpha value is -2.31. The number of hydrogen-bond acceptors (Lipinski definition) is 4. The van der Waals surface area contributed by atoms with Crippen molar-refractivity contribution in [2.24, 2.45) is 11.3 Å². The Morgan fingerprint density at radius 2 is 2.07 bits per heavy atom. The first-order chi connectivity index (χ1) is 13.1. The van der Waals surface area contributed by atoms with Gasteiger partial charge in [-0.2, -0.15) is 0 Å². The second-order valence-corrected chi connectivity index (χ2v) is 7.64. The summed E-state index contributed by atoms with van der Waals surface area (Å²) in [5, 5.41) is 9.36. The molecule has 2 aliphatic rings. The molecule has 0 bridgehead atoms. The molecule has 1 aromatic carbocycles. The Labute approximate surface area is 170 Å². The Bertz CT molecular complexity index is 853. The number of anilines is 2. The van der Waals surface area contributed by atoms with Crippen LogP contribution in [0, 0.1) is 18.3 Å². The zero-order valence-corrected chi connectivity index (χ0v) is 16.7. The summed E-state index contributed by atoms with van der Waals surface area (Å²) in [7, 11) is 0. The maximum atomic E-state index is 13.1. The number of carbonyl (C=O) groups excluding carboxylic acids is 2. The molecular formula is C21H26ClN3O3. The third kappa shape index (κ3) is 3.80. The molecule has 2 heterocycles. The lowest BCUT2D eigenvalue weighted by atomic mass is 9.67. The minimum Gasteiger partial charge on any atom is -0.459 e. The summed E-state index contributed by atoms with van der Waals surface area (Å²) < 4.78 is 5.12. The largest absolute Gasteiger partial charge is 0.459 e. The molecule has 0 unspecified atom stereocenters. The molecule has 1 aromatic heterocycles. The number of rotatable bonds is 4. The minimum absolute atomic E-state index is 0. The van der Waals surface area contributed by atoms with E-state index in [2.05, 4.69) is 16.0 Å². The fourth-order valence-electron chi connectivity index (χ4n) is 4.42. The van der Waals surface area contributed by atoms with Gasteiger partial charge in [0.25, 0.3) is 5.91 Å². The van der Waals surface area contributed by atoms with Gasteiger partial charge in [-0.05, 0) is 68.1 Å². The van der Waals surface area contributed by atoms with Gasteiger partial charge in [0.05, 0.1) is 11.7 Å². The molecule has 2 atom stereocenters. The molecule has 6 nitrogen and oxygen atoms in total. The van der Waals surface area contributed by atoms with Crippen LogP contribution in [0.2, 0.25) is 0 Å². The van der Waals surface area contributed by atoms with Gasteiger partial charge in [0, 0.05) is 17.9 Å². The molecule has 150 valence electrons. The second-order valence-electron chi connectivity index (χ2n) is 7.64. The van der Waals surface area contributed by atoms with Gasteiger partial charge in [-0.1, -0.05) is 12.8 Å². The van der Waals surface area contributed by atoms with Gasteiger partial charge in [-0.25, -0.2) is 0 Å². The topological polar surface area (TPSA) is 83.4 Å². The molecule has 2 fully saturated rings. The molecule has 2 aromatic rings. The van der Waals surface area contributed by atoms with Crippen LogP contribution in [0.15, 0.2) is 41.0 Å². The highest BCUT2D eigenvalue weighted by molar-refractivity contribution is 6.03. The van der Waals surface area contributed by atoms with Gasteiger partial charge in [0.2, 0.25) is 5.91 Å². The van der Waals surface area contributed by atoms with Crippen molar-refractivity contribution in [1.29, 1.82) is 0 Å². The monoisotopic (exact) mass is 403 g/mol. The first kappa shape index (κ1) is 20.4. The van der Waals surface area contributed by atoms with Crippen LogP contribution in [-0.2, 0) is 4.79 Å². The molecule has 1 saturated carbocycles. The van der Waals surface area contributed by atoms with E-state index in [1.54, 1.807) is 12.1 Å². The van der Waals surface area contributed by atoms with Gasteiger partial charge in [0.15, 0.2) is 5.76 Å². The van der Waals surface area contributed by atoms with Crippen LogP contribution in [0.5, 0.6) is 0 Å². The average Bonchev–Trinajstić information content (AvgIpc) is 3.34. The summed E-state index contributed by atoms with van der Waals surface area (Å²) in [5.74, 6) is 0.520. The maximum Gasteiger partial charge on any atom is 0.291 e. The second kappa shape index (κ2) is 8.37. The molecule has 1 aliphatic heterocycles. The lowest BCUT2D eigenvalue weighted by Gasteiger charge is -2.37. The summed E-state index contributed by atoms with van der Waals surface area (Å²) in [5.41, 5.74) is 2.07. The standard InChI is InChI=1S/C21H25N3O3.ClH/c1-14-11-16(7-8-17(14)24-19(25)18-6-4-10-27-18)23-20(26)21-9-3-2-5-15(21)12-22-13-21;/h4,6-8,10-11,15,22H,2-3,5,9,12-13H2,1H3,(H,23,26)(H,24,25);1H/t15-,21+;/m0./s1. The zero-order valence-electron chi connectivity index (χ0n) is 15.9. The van der Waals surface area contributed by atoms with E-state index in [9.17, 15) is 9.59 Å². The number of nitrogens with one attached hydrogen (secondary N) is 3. The normalized spacial score (nSPS) is 23.4. The highest BCUT2D eigenvalue weighted by Crippen LogP contribution is 2.44. The first-order valence-corrected chi connectivity index (χ1v) is 9.56. The summed E-state index contributed by atoms with van der Waals surface area (Å²) >= 11 is 0. The molecule has 0 radical (unpaired) electrons.